The van der Waals surface area contributed by atoms with Crippen LogP contribution in [0.1, 0.15) is 11.1 Å². The molecule has 0 spiro atoms. The second kappa shape index (κ2) is 4.74. The normalized spacial score (nSPS) is 12.2. The van der Waals surface area contributed by atoms with Crippen LogP contribution in [-0.2, 0) is 16.0 Å². The molecule has 1 aromatic carbocycles. The zero-order valence-electron chi connectivity index (χ0n) is 8.29. The maximum atomic E-state index is 13.2. The molecular formula is C11H13FO2. The van der Waals surface area contributed by atoms with E-state index >= 15 is 0 Å². The van der Waals surface area contributed by atoms with Gasteiger partial charge in [-0.25, -0.2) is 9.18 Å². The third-order valence-electron chi connectivity index (χ3n) is 2.12. The summed E-state index contributed by atoms with van der Waals surface area (Å²) in [6.07, 6.45) is -1.49. The number of carbonyl (C=O) groups excluding carboxylic acids is 1. The third kappa shape index (κ3) is 2.55. The van der Waals surface area contributed by atoms with Crippen LogP contribution in [0.15, 0.2) is 24.3 Å². The SMILES string of the molecule is COC(=O)C(F)Cc1ccccc1C. The van der Waals surface area contributed by atoms with E-state index in [1.165, 1.54) is 7.11 Å². The van der Waals surface area contributed by atoms with E-state index < -0.39 is 12.1 Å². The lowest BCUT2D eigenvalue weighted by atomic mass is 10.0. The van der Waals surface area contributed by atoms with E-state index in [2.05, 4.69) is 4.74 Å². The molecular weight excluding hydrogens is 183 g/mol. The van der Waals surface area contributed by atoms with Gasteiger partial charge in [-0.15, -0.1) is 0 Å². The van der Waals surface area contributed by atoms with Crippen molar-refractivity contribution in [3.05, 3.63) is 35.4 Å². The maximum Gasteiger partial charge on any atom is 0.340 e. The molecule has 0 amide bonds. The molecule has 1 unspecified atom stereocenters. The van der Waals surface area contributed by atoms with Gasteiger partial charge in [-0.2, -0.15) is 0 Å². The summed E-state index contributed by atoms with van der Waals surface area (Å²) in [5.41, 5.74) is 1.82. The van der Waals surface area contributed by atoms with Crippen LogP contribution in [-0.4, -0.2) is 19.3 Å². The molecule has 1 rings (SSSR count). The van der Waals surface area contributed by atoms with E-state index in [9.17, 15) is 9.18 Å². The van der Waals surface area contributed by atoms with Crippen LogP contribution in [0.3, 0.4) is 0 Å². The van der Waals surface area contributed by atoms with E-state index in [-0.39, 0.29) is 6.42 Å². The molecule has 76 valence electrons. The number of carbonyl (C=O) groups is 1. The molecule has 1 aromatic rings. The highest BCUT2D eigenvalue weighted by atomic mass is 19.1. The van der Waals surface area contributed by atoms with Crippen molar-refractivity contribution in [2.75, 3.05) is 7.11 Å². The van der Waals surface area contributed by atoms with Gasteiger partial charge in [0, 0.05) is 6.42 Å². The molecule has 2 nitrogen and oxygen atoms in total. The van der Waals surface area contributed by atoms with Gasteiger partial charge in [0.05, 0.1) is 7.11 Å². The molecule has 0 heterocycles. The van der Waals surface area contributed by atoms with Crippen molar-refractivity contribution in [1.29, 1.82) is 0 Å². The van der Waals surface area contributed by atoms with Gasteiger partial charge >= 0.3 is 5.97 Å². The summed E-state index contributed by atoms with van der Waals surface area (Å²) < 4.78 is 17.5. The van der Waals surface area contributed by atoms with Crippen LogP contribution in [0, 0.1) is 6.92 Å². The van der Waals surface area contributed by atoms with Crippen molar-refractivity contribution in [2.24, 2.45) is 0 Å². The smallest absolute Gasteiger partial charge is 0.340 e. The Morgan fingerprint density at radius 3 is 2.71 bits per heavy atom. The number of hydrogen-bond acceptors (Lipinski definition) is 2. The number of hydrogen-bond donors (Lipinski definition) is 0. The average molecular weight is 196 g/mol. The fourth-order valence-electron chi connectivity index (χ4n) is 1.24. The predicted molar refractivity (Wildman–Crippen MR) is 51.8 cm³/mol. The highest BCUT2D eigenvalue weighted by Gasteiger charge is 2.18. The largest absolute Gasteiger partial charge is 0.467 e. The molecule has 3 heteroatoms. The Morgan fingerprint density at radius 1 is 1.50 bits per heavy atom. The molecule has 0 radical (unpaired) electrons. The lowest BCUT2D eigenvalue weighted by Gasteiger charge is -2.08. The van der Waals surface area contributed by atoms with E-state index in [0.29, 0.717) is 0 Å². The minimum Gasteiger partial charge on any atom is -0.467 e. The first-order valence-electron chi connectivity index (χ1n) is 4.41. The first kappa shape index (κ1) is 10.7. The minimum absolute atomic E-state index is 0.0827. The summed E-state index contributed by atoms with van der Waals surface area (Å²) in [7, 11) is 1.19. The molecule has 0 aliphatic heterocycles. The molecule has 0 saturated heterocycles. The summed E-state index contributed by atoms with van der Waals surface area (Å²) in [6.45, 7) is 1.89. The molecule has 0 N–H and O–H groups in total. The molecule has 0 aromatic heterocycles. The number of halogens is 1. The van der Waals surface area contributed by atoms with E-state index in [1.54, 1.807) is 0 Å². The fraction of sp³-hybridized carbons (Fsp3) is 0.364. The van der Waals surface area contributed by atoms with Crippen molar-refractivity contribution in [3.63, 3.8) is 0 Å². The average Bonchev–Trinajstić information content (AvgIpc) is 2.20. The molecule has 0 bridgehead atoms. The quantitative estimate of drug-likeness (QED) is 0.691. The van der Waals surface area contributed by atoms with Gasteiger partial charge in [-0.1, -0.05) is 24.3 Å². The third-order valence-corrected chi connectivity index (χ3v) is 2.12. The van der Waals surface area contributed by atoms with Gasteiger partial charge < -0.3 is 4.74 Å². The number of aryl methyl sites for hydroxylation is 1. The number of benzene rings is 1. The first-order chi connectivity index (χ1) is 6.65. The van der Waals surface area contributed by atoms with Gasteiger partial charge in [0.25, 0.3) is 0 Å². The van der Waals surface area contributed by atoms with Crippen LogP contribution >= 0.6 is 0 Å². The molecule has 0 saturated carbocycles. The van der Waals surface area contributed by atoms with Crippen LogP contribution in [0.5, 0.6) is 0 Å². The fourth-order valence-corrected chi connectivity index (χ4v) is 1.24. The minimum atomic E-state index is -1.57. The van der Waals surface area contributed by atoms with Crippen molar-refractivity contribution in [1.82, 2.24) is 0 Å². The molecule has 0 aliphatic carbocycles. The standard InChI is InChI=1S/C11H13FO2/c1-8-5-3-4-6-9(8)7-10(12)11(13)14-2/h3-6,10H,7H2,1-2H3. The van der Waals surface area contributed by atoms with Gasteiger partial charge in [0.15, 0.2) is 0 Å². The van der Waals surface area contributed by atoms with Crippen molar-refractivity contribution in [3.8, 4) is 0 Å². The van der Waals surface area contributed by atoms with Crippen molar-refractivity contribution in [2.45, 2.75) is 19.5 Å². The lowest BCUT2D eigenvalue weighted by molar-refractivity contribution is -0.146. The van der Waals surface area contributed by atoms with E-state index in [4.69, 9.17) is 0 Å². The Labute approximate surface area is 82.7 Å². The zero-order valence-corrected chi connectivity index (χ0v) is 8.29. The van der Waals surface area contributed by atoms with Crippen molar-refractivity contribution >= 4 is 5.97 Å². The summed E-state index contributed by atoms with van der Waals surface area (Å²) >= 11 is 0. The molecule has 0 fully saturated rings. The summed E-state index contributed by atoms with van der Waals surface area (Å²) in [5.74, 6) is -0.812. The van der Waals surface area contributed by atoms with Gasteiger partial charge in [-0.3, -0.25) is 0 Å². The number of esters is 1. The topological polar surface area (TPSA) is 26.3 Å². The number of methoxy groups -OCH3 is 1. The van der Waals surface area contributed by atoms with Crippen LogP contribution < -0.4 is 0 Å². The van der Waals surface area contributed by atoms with Crippen LogP contribution in [0.25, 0.3) is 0 Å². The van der Waals surface area contributed by atoms with Gasteiger partial charge in [0.1, 0.15) is 0 Å². The lowest BCUT2D eigenvalue weighted by Crippen LogP contribution is -2.20. The number of rotatable bonds is 3. The second-order valence-corrected chi connectivity index (χ2v) is 3.12. The Balaban J connectivity index is 2.69. The predicted octanol–water partition coefficient (Wildman–Crippen LogP) is 2.05. The Morgan fingerprint density at radius 2 is 2.14 bits per heavy atom. The number of ether oxygens (including phenoxy) is 1. The maximum absolute atomic E-state index is 13.2. The Kier molecular flexibility index (Phi) is 3.63. The Bertz CT molecular complexity index is 323. The van der Waals surface area contributed by atoms with E-state index in [0.717, 1.165) is 11.1 Å². The molecule has 14 heavy (non-hydrogen) atoms. The summed E-state index contributed by atoms with van der Waals surface area (Å²) in [5, 5.41) is 0. The molecule has 0 aliphatic rings. The second-order valence-electron chi connectivity index (χ2n) is 3.12. The van der Waals surface area contributed by atoms with Crippen molar-refractivity contribution < 1.29 is 13.9 Å². The highest BCUT2D eigenvalue weighted by Crippen LogP contribution is 2.11. The first-order valence-corrected chi connectivity index (χ1v) is 4.41. The van der Waals surface area contributed by atoms with E-state index in [1.807, 2.05) is 31.2 Å². The Hall–Kier alpha value is -1.38. The van der Waals surface area contributed by atoms with Gasteiger partial charge in [0.2, 0.25) is 6.17 Å². The summed E-state index contributed by atoms with van der Waals surface area (Å²) in [4.78, 5) is 10.8. The monoisotopic (exact) mass is 196 g/mol. The summed E-state index contributed by atoms with van der Waals surface area (Å²) in [6, 6.07) is 7.40. The zero-order chi connectivity index (χ0) is 10.6. The highest BCUT2D eigenvalue weighted by molar-refractivity contribution is 5.74. The molecule has 1 atom stereocenters. The number of alkyl halides is 1. The van der Waals surface area contributed by atoms with Gasteiger partial charge in [-0.05, 0) is 18.1 Å². The van der Waals surface area contributed by atoms with Crippen LogP contribution in [0.2, 0.25) is 0 Å². The van der Waals surface area contributed by atoms with Crippen LogP contribution in [0.4, 0.5) is 4.39 Å².